The van der Waals surface area contributed by atoms with Gasteiger partial charge in [-0.15, -0.1) is 0 Å². The fourth-order valence-electron chi connectivity index (χ4n) is 2.53. The highest BCUT2D eigenvalue weighted by Gasteiger charge is 2.18. The van der Waals surface area contributed by atoms with Crippen LogP contribution in [-0.2, 0) is 22.6 Å². The molecule has 6 heteroatoms. The van der Waals surface area contributed by atoms with Crippen molar-refractivity contribution in [1.82, 2.24) is 5.32 Å². The van der Waals surface area contributed by atoms with Crippen LogP contribution in [0.15, 0.2) is 18.2 Å². The molecular weight excluding hydrogens is 284 g/mol. The summed E-state index contributed by atoms with van der Waals surface area (Å²) in [4.78, 5) is 20.7. The quantitative estimate of drug-likeness (QED) is 0.737. The van der Waals surface area contributed by atoms with E-state index in [0.717, 1.165) is 6.54 Å². The first-order chi connectivity index (χ1) is 10.4. The third-order valence-electron chi connectivity index (χ3n) is 3.49. The number of anilines is 1. The first-order valence-corrected chi connectivity index (χ1v) is 7.36. The summed E-state index contributed by atoms with van der Waals surface area (Å²) in [6.45, 7) is 6.72. The van der Waals surface area contributed by atoms with Crippen molar-refractivity contribution in [1.29, 1.82) is 0 Å². The highest BCUT2D eigenvalue weighted by atomic mass is 16.4. The molecule has 1 aromatic carbocycles. The van der Waals surface area contributed by atoms with Crippen LogP contribution in [0.4, 0.5) is 5.69 Å². The molecule has 0 aliphatic carbocycles. The fraction of sp³-hybridized carbons (Fsp3) is 0.500. The summed E-state index contributed by atoms with van der Waals surface area (Å²) < 4.78 is 0. The fourth-order valence-corrected chi connectivity index (χ4v) is 2.53. The van der Waals surface area contributed by atoms with Crippen molar-refractivity contribution < 1.29 is 19.8 Å². The predicted molar refractivity (Wildman–Crippen MR) is 85.3 cm³/mol. The SMILES string of the molecule is CNCc1ccc2c(c1)CCCN2C(C)C.O=C(O)C(=O)O. The van der Waals surface area contributed by atoms with Crippen molar-refractivity contribution in [3.63, 3.8) is 0 Å². The molecule has 0 amide bonds. The normalized spacial score (nSPS) is 13.2. The lowest BCUT2D eigenvalue weighted by Crippen LogP contribution is -2.35. The van der Waals surface area contributed by atoms with Gasteiger partial charge < -0.3 is 20.4 Å². The lowest BCUT2D eigenvalue weighted by molar-refractivity contribution is -0.159. The minimum absolute atomic E-state index is 0.606. The van der Waals surface area contributed by atoms with E-state index in [-0.39, 0.29) is 0 Å². The van der Waals surface area contributed by atoms with E-state index in [9.17, 15) is 0 Å². The van der Waals surface area contributed by atoms with E-state index in [1.807, 2.05) is 7.05 Å². The summed E-state index contributed by atoms with van der Waals surface area (Å²) in [5.41, 5.74) is 4.36. The summed E-state index contributed by atoms with van der Waals surface area (Å²) in [6.07, 6.45) is 2.52. The number of aliphatic carboxylic acids is 2. The molecule has 0 atom stereocenters. The molecule has 0 spiro atoms. The maximum absolute atomic E-state index is 9.10. The first-order valence-electron chi connectivity index (χ1n) is 7.36. The molecule has 0 bridgehead atoms. The van der Waals surface area contributed by atoms with E-state index in [1.165, 1.54) is 36.2 Å². The Bertz CT molecular complexity index is 517. The molecule has 0 saturated heterocycles. The number of hydrogen-bond donors (Lipinski definition) is 3. The standard InChI is InChI=1S/C14H22N2.C2H2O4/c1-11(2)16-8-4-5-13-9-12(10-15-3)6-7-14(13)16;3-1(4)2(5)6/h6-7,9,11,15H,4-5,8,10H2,1-3H3;(H,3,4)(H,5,6). The molecule has 3 N–H and O–H groups in total. The first kappa shape index (κ1) is 18.0. The van der Waals surface area contributed by atoms with E-state index < -0.39 is 11.9 Å². The Kier molecular flexibility index (Phi) is 6.85. The predicted octanol–water partition coefficient (Wildman–Crippen LogP) is 1.72. The molecule has 0 aromatic heterocycles. The van der Waals surface area contributed by atoms with Gasteiger partial charge in [0.2, 0.25) is 0 Å². The third-order valence-corrected chi connectivity index (χ3v) is 3.49. The molecule has 122 valence electrons. The van der Waals surface area contributed by atoms with Gasteiger partial charge in [0.05, 0.1) is 0 Å². The molecule has 0 saturated carbocycles. The van der Waals surface area contributed by atoms with Gasteiger partial charge in [0, 0.05) is 24.8 Å². The molecule has 0 unspecified atom stereocenters. The van der Waals surface area contributed by atoms with Gasteiger partial charge in [0.1, 0.15) is 0 Å². The van der Waals surface area contributed by atoms with Crippen LogP contribution in [0.2, 0.25) is 0 Å². The number of benzene rings is 1. The van der Waals surface area contributed by atoms with E-state index >= 15 is 0 Å². The van der Waals surface area contributed by atoms with Gasteiger partial charge in [-0.2, -0.15) is 0 Å². The van der Waals surface area contributed by atoms with Crippen molar-refractivity contribution in [2.75, 3.05) is 18.5 Å². The van der Waals surface area contributed by atoms with Gasteiger partial charge in [-0.25, -0.2) is 9.59 Å². The van der Waals surface area contributed by atoms with Crippen molar-refractivity contribution in [3.05, 3.63) is 29.3 Å². The Morgan fingerprint density at radius 2 is 1.91 bits per heavy atom. The molecule has 1 aliphatic rings. The molecule has 0 fully saturated rings. The Labute approximate surface area is 130 Å². The number of carboxylic acids is 2. The molecule has 6 nitrogen and oxygen atoms in total. The largest absolute Gasteiger partial charge is 0.473 e. The highest BCUT2D eigenvalue weighted by molar-refractivity contribution is 6.27. The number of aryl methyl sites for hydroxylation is 1. The van der Waals surface area contributed by atoms with Gasteiger partial charge in [-0.1, -0.05) is 12.1 Å². The van der Waals surface area contributed by atoms with Gasteiger partial charge in [0.15, 0.2) is 0 Å². The molecule has 1 aromatic rings. The Morgan fingerprint density at radius 1 is 1.27 bits per heavy atom. The second-order valence-corrected chi connectivity index (χ2v) is 5.49. The molecule has 0 radical (unpaired) electrons. The molecule has 1 heterocycles. The zero-order chi connectivity index (χ0) is 16.7. The summed E-state index contributed by atoms with van der Waals surface area (Å²) in [5, 5.41) is 18.0. The number of hydrogen-bond acceptors (Lipinski definition) is 4. The summed E-state index contributed by atoms with van der Waals surface area (Å²) >= 11 is 0. The number of rotatable bonds is 3. The van der Waals surface area contributed by atoms with E-state index in [2.05, 4.69) is 42.3 Å². The van der Waals surface area contributed by atoms with Crippen LogP contribution in [0, 0.1) is 0 Å². The van der Waals surface area contributed by atoms with Crippen LogP contribution in [0.3, 0.4) is 0 Å². The van der Waals surface area contributed by atoms with Crippen molar-refractivity contribution >= 4 is 17.6 Å². The van der Waals surface area contributed by atoms with Crippen LogP contribution < -0.4 is 10.2 Å². The summed E-state index contributed by atoms with van der Waals surface area (Å²) in [6, 6.07) is 7.51. The second-order valence-electron chi connectivity index (χ2n) is 5.49. The highest BCUT2D eigenvalue weighted by Crippen LogP contribution is 2.29. The van der Waals surface area contributed by atoms with Crippen LogP contribution in [0.5, 0.6) is 0 Å². The lowest BCUT2D eigenvalue weighted by Gasteiger charge is -2.35. The van der Waals surface area contributed by atoms with E-state index in [4.69, 9.17) is 19.8 Å². The average molecular weight is 308 g/mol. The van der Waals surface area contributed by atoms with Gasteiger partial charge in [-0.3, -0.25) is 0 Å². The van der Waals surface area contributed by atoms with Crippen LogP contribution in [0.1, 0.15) is 31.4 Å². The topological polar surface area (TPSA) is 89.9 Å². The lowest BCUT2D eigenvalue weighted by atomic mass is 9.98. The number of carbonyl (C=O) groups is 2. The molecular formula is C16H24N2O4. The number of carboxylic acid groups (broad SMARTS) is 2. The van der Waals surface area contributed by atoms with Crippen molar-refractivity contribution in [3.8, 4) is 0 Å². The average Bonchev–Trinajstić information content (AvgIpc) is 2.47. The smallest absolute Gasteiger partial charge is 0.414 e. The van der Waals surface area contributed by atoms with E-state index in [0.29, 0.717) is 6.04 Å². The molecule has 22 heavy (non-hydrogen) atoms. The van der Waals surface area contributed by atoms with Crippen LogP contribution >= 0.6 is 0 Å². The molecule has 1 aliphatic heterocycles. The number of nitrogens with zero attached hydrogens (tertiary/aromatic N) is 1. The zero-order valence-electron chi connectivity index (χ0n) is 13.3. The minimum Gasteiger partial charge on any atom is -0.473 e. The van der Waals surface area contributed by atoms with E-state index in [1.54, 1.807) is 0 Å². The second kappa shape index (κ2) is 8.38. The monoisotopic (exact) mass is 308 g/mol. The Hall–Kier alpha value is -2.08. The Morgan fingerprint density at radius 3 is 2.41 bits per heavy atom. The summed E-state index contributed by atoms with van der Waals surface area (Å²) in [5.74, 6) is -3.65. The minimum atomic E-state index is -1.82. The number of fused-ring (bicyclic) bond motifs is 1. The van der Waals surface area contributed by atoms with Gasteiger partial charge in [0.25, 0.3) is 0 Å². The Balaban J connectivity index is 0.000000346. The zero-order valence-corrected chi connectivity index (χ0v) is 13.3. The van der Waals surface area contributed by atoms with Crippen molar-refractivity contribution in [2.24, 2.45) is 0 Å². The van der Waals surface area contributed by atoms with Crippen LogP contribution in [0.25, 0.3) is 0 Å². The van der Waals surface area contributed by atoms with Gasteiger partial charge in [-0.05, 0) is 50.9 Å². The summed E-state index contributed by atoms with van der Waals surface area (Å²) in [7, 11) is 2.00. The third kappa shape index (κ3) is 5.04. The van der Waals surface area contributed by atoms with Crippen molar-refractivity contribution in [2.45, 2.75) is 39.3 Å². The maximum Gasteiger partial charge on any atom is 0.414 e. The van der Waals surface area contributed by atoms with Gasteiger partial charge >= 0.3 is 11.9 Å². The number of nitrogens with one attached hydrogen (secondary N) is 1. The van der Waals surface area contributed by atoms with Crippen LogP contribution in [-0.4, -0.2) is 41.8 Å². The maximum atomic E-state index is 9.10. The molecule has 2 rings (SSSR count).